The minimum atomic E-state index is -0.143. The fourth-order valence-corrected chi connectivity index (χ4v) is 3.26. The predicted octanol–water partition coefficient (Wildman–Crippen LogP) is 1.06. The summed E-state index contributed by atoms with van der Waals surface area (Å²) in [6.45, 7) is 1.24. The van der Waals surface area contributed by atoms with E-state index in [0.29, 0.717) is 36.7 Å². The van der Waals surface area contributed by atoms with Crippen molar-refractivity contribution in [2.45, 2.75) is 25.3 Å². The summed E-state index contributed by atoms with van der Waals surface area (Å²) in [7, 11) is 0. The largest absolute Gasteiger partial charge is 0.397 e. The average molecular weight is 309 g/mol. The van der Waals surface area contributed by atoms with E-state index in [1.807, 2.05) is 0 Å². The average Bonchev–Trinajstić information content (AvgIpc) is 2.48. The summed E-state index contributed by atoms with van der Waals surface area (Å²) in [5.74, 6) is 0.280. The Kier molecular flexibility index (Phi) is 3.71. The van der Waals surface area contributed by atoms with Crippen LogP contribution in [0.25, 0.3) is 0 Å². The monoisotopic (exact) mass is 308 g/mol. The third-order valence-corrected chi connectivity index (χ3v) is 4.50. The van der Waals surface area contributed by atoms with Crippen LogP contribution in [0.2, 0.25) is 5.15 Å². The maximum atomic E-state index is 12.6. The highest BCUT2D eigenvalue weighted by Crippen LogP contribution is 2.27. The number of piperidine rings is 2. The van der Waals surface area contributed by atoms with Gasteiger partial charge in [-0.15, -0.1) is 0 Å². The normalized spacial score (nSPS) is 25.2. The predicted molar refractivity (Wildman–Crippen MR) is 78.8 cm³/mol. The standard InChI is InChI=1S/C14H17ClN4O2/c15-13-10(5-9(16)6-17-13)14(21)19-4-3-11-8(7-19)1-2-12(20)18-11/h5-6,8,11H,1-4,7,16H2,(H,18,20). The lowest BCUT2D eigenvalue weighted by Crippen LogP contribution is -2.55. The van der Waals surface area contributed by atoms with Crippen molar-refractivity contribution in [2.75, 3.05) is 18.8 Å². The van der Waals surface area contributed by atoms with Crippen molar-refractivity contribution in [2.24, 2.45) is 5.92 Å². The van der Waals surface area contributed by atoms with Gasteiger partial charge in [0.15, 0.2) is 0 Å². The number of nitrogens with zero attached hydrogens (tertiary/aromatic N) is 2. The van der Waals surface area contributed by atoms with Gasteiger partial charge in [-0.2, -0.15) is 0 Å². The number of likely N-dealkylation sites (tertiary alicyclic amines) is 1. The zero-order chi connectivity index (χ0) is 15.0. The molecule has 3 N–H and O–H groups in total. The van der Waals surface area contributed by atoms with Gasteiger partial charge < -0.3 is 16.0 Å². The van der Waals surface area contributed by atoms with Crippen molar-refractivity contribution in [3.05, 3.63) is 23.0 Å². The van der Waals surface area contributed by atoms with Gasteiger partial charge in [0, 0.05) is 25.6 Å². The van der Waals surface area contributed by atoms with Gasteiger partial charge in [-0.05, 0) is 24.8 Å². The first kappa shape index (κ1) is 14.1. The Bertz CT molecular complexity index is 592. The van der Waals surface area contributed by atoms with Crippen LogP contribution in [0.5, 0.6) is 0 Å². The molecule has 112 valence electrons. The Hall–Kier alpha value is -1.82. The van der Waals surface area contributed by atoms with Crippen LogP contribution in [-0.4, -0.2) is 40.8 Å². The van der Waals surface area contributed by atoms with E-state index in [1.165, 1.54) is 6.20 Å². The number of halogens is 1. The molecule has 2 unspecified atom stereocenters. The molecule has 3 rings (SSSR count). The van der Waals surface area contributed by atoms with E-state index in [4.69, 9.17) is 17.3 Å². The van der Waals surface area contributed by atoms with Crippen molar-refractivity contribution in [3.8, 4) is 0 Å². The van der Waals surface area contributed by atoms with E-state index < -0.39 is 0 Å². The Labute approximate surface area is 127 Å². The van der Waals surface area contributed by atoms with Crippen molar-refractivity contribution >= 4 is 29.1 Å². The second-order valence-corrected chi connectivity index (χ2v) is 5.98. The highest BCUT2D eigenvalue weighted by Gasteiger charge is 2.35. The zero-order valence-electron chi connectivity index (χ0n) is 11.5. The van der Waals surface area contributed by atoms with E-state index in [0.717, 1.165) is 12.8 Å². The quantitative estimate of drug-likeness (QED) is 0.759. The summed E-state index contributed by atoms with van der Waals surface area (Å²) in [6, 6.07) is 1.75. The number of carbonyl (C=O) groups is 2. The minimum Gasteiger partial charge on any atom is -0.397 e. The van der Waals surface area contributed by atoms with Crippen molar-refractivity contribution in [1.82, 2.24) is 15.2 Å². The summed E-state index contributed by atoms with van der Waals surface area (Å²) in [4.78, 5) is 29.7. The van der Waals surface area contributed by atoms with Gasteiger partial charge in [0.25, 0.3) is 5.91 Å². The van der Waals surface area contributed by atoms with Crippen molar-refractivity contribution < 1.29 is 9.59 Å². The lowest BCUT2D eigenvalue weighted by atomic mass is 9.85. The van der Waals surface area contributed by atoms with E-state index >= 15 is 0 Å². The van der Waals surface area contributed by atoms with Crippen LogP contribution in [0.3, 0.4) is 0 Å². The second kappa shape index (κ2) is 5.52. The topological polar surface area (TPSA) is 88.3 Å². The number of nitrogens with one attached hydrogen (secondary N) is 1. The summed E-state index contributed by atoms with van der Waals surface area (Å²) in [6.07, 6.45) is 3.56. The lowest BCUT2D eigenvalue weighted by Gasteiger charge is -2.41. The maximum absolute atomic E-state index is 12.6. The van der Waals surface area contributed by atoms with E-state index in [9.17, 15) is 9.59 Å². The van der Waals surface area contributed by atoms with E-state index in [-0.39, 0.29) is 23.0 Å². The highest BCUT2D eigenvalue weighted by molar-refractivity contribution is 6.32. The molecule has 2 atom stereocenters. The maximum Gasteiger partial charge on any atom is 0.257 e. The number of nitrogens with two attached hydrogens (primary N) is 1. The van der Waals surface area contributed by atoms with Crippen LogP contribution < -0.4 is 11.1 Å². The van der Waals surface area contributed by atoms with Crippen LogP contribution in [0.15, 0.2) is 12.3 Å². The summed E-state index contributed by atoms with van der Waals surface area (Å²) >= 11 is 6.00. The molecule has 7 heteroatoms. The van der Waals surface area contributed by atoms with Gasteiger partial charge >= 0.3 is 0 Å². The molecule has 0 bridgehead atoms. The zero-order valence-corrected chi connectivity index (χ0v) is 12.3. The smallest absolute Gasteiger partial charge is 0.257 e. The van der Waals surface area contributed by atoms with Crippen LogP contribution in [-0.2, 0) is 4.79 Å². The second-order valence-electron chi connectivity index (χ2n) is 5.62. The van der Waals surface area contributed by atoms with Gasteiger partial charge in [-0.25, -0.2) is 4.98 Å². The number of rotatable bonds is 1. The van der Waals surface area contributed by atoms with Gasteiger partial charge in [0.1, 0.15) is 5.15 Å². The molecule has 1 aromatic heterocycles. The number of hydrogen-bond acceptors (Lipinski definition) is 4. The summed E-state index contributed by atoms with van der Waals surface area (Å²) < 4.78 is 0. The Morgan fingerprint density at radius 1 is 1.48 bits per heavy atom. The number of amides is 2. The Balaban J connectivity index is 1.74. The molecule has 6 nitrogen and oxygen atoms in total. The van der Waals surface area contributed by atoms with Gasteiger partial charge in [0.2, 0.25) is 5.91 Å². The number of fused-ring (bicyclic) bond motifs is 1. The number of pyridine rings is 1. The highest BCUT2D eigenvalue weighted by atomic mass is 35.5. The van der Waals surface area contributed by atoms with Gasteiger partial charge in [-0.3, -0.25) is 9.59 Å². The van der Waals surface area contributed by atoms with Gasteiger partial charge in [0.05, 0.1) is 17.4 Å². The van der Waals surface area contributed by atoms with Crippen molar-refractivity contribution in [1.29, 1.82) is 0 Å². The third kappa shape index (κ3) is 2.81. The molecule has 0 spiro atoms. The van der Waals surface area contributed by atoms with E-state index in [1.54, 1.807) is 11.0 Å². The van der Waals surface area contributed by atoms with E-state index in [2.05, 4.69) is 10.3 Å². The molecule has 1 aromatic rings. The van der Waals surface area contributed by atoms with Crippen molar-refractivity contribution in [3.63, 3.8) is 0 Å². The number of carbonyl (C=O) groups excluding carboxylic acids is 2. The van der Waals surface area contributed by atoms with Crippen LogP contribution >= 0.6 is 11.6 Å². The number of aromatic nitrogens is 1. The molecular formula is C14H17ClN4O2. The van der Waals surface area contributed by atoms with Crippen LogP contribution in [0.1, 0.15) is 29.6 Å². The molecular weight excluding hydrogens is 292 g/mol. The summed E-state index contributed by atoms with van der Waals surface area (Å²) in [5, 5.41) is 3.18. The molecule has 0 saturated carbocycles. The molecule has 2 amide bonds. The first-order valence-electron chi connectivity index (χ1n) is 7.04. The molecule has 2 aliphatic heterocycles. The third-order valence-electron chi connectivity index (χ3n) is 4.20. The Morgan fingerprint density at radius 2 is 2.29 bits per heavy atom. The molecule has 0 radical (unpaired) electrons. The minimum absolute atomic E-state index is 0.110. The van der Waals surface area contributed by atoms with Gasteiger partial charge in [-0.1, -0.05) is 11.6 Å². The number of hydrogen-bond donors (Lipinski definition) is 2. The Morgan fingerprint density at radius 3 is 3.10 bits per heavy atom. The molecule has 21 heavy (non-hydrogen) atoms. The molecule has 0 aromatic carbocycles. The fourth-order valence-electron chi connectivity index (χ4n) is 3.08. The summed E-state index contributed by atoms with van der Waals surface area (Å²) in [5.41, 5.74) is 6.44. The molecule has 2 saturated heterocycles. The molecule has 2 aliphatic rings. The lowest BCUT2D eigenvalue weighted by molar-refractivity contribution is -0.125. The number of nitrogen functional groups attached to an aromatic ring is 1. The molecule has 2 fully saturated rings. The molecule has 3 heterocycles. The fraction of sp³-hybridized carbons (Fsp3) is 0.500. The SMILES string of the molecule is Nc1cnc(Cl)c(C(=O)N2CCC3NC(=O)CCC3C2)c1. The first-order chi connectivity index (χ1) is 10.0. The van der Waals surface area contributed by atoms with Crippen LogP contribution in [0.4, 0.5) is 5.69 Å². The van der Waals surface area contributed by atoms with Crippen LogP contribution in [0, 0.1) is 5.92 Å². The molecule has 0 aliphatic carbocycles. The number of anilines is 1. The first-order valence-corrected chi connectivity index (χ1v) is 7.42.